The van der Waals surface area contributed by atoms with Crippen LogP contribution < -0.4 is 0 Å². The van der Waals surface area contributed by atoms with E-state index in [0.717, 1.165) is 23.8 Å². The molecule has 0 aliphatic rings. The third kappa shape index (κ3) is 2.01. The molecule has 3 heteroatoms. The molecule has 0 atom stereocenters. The monoisotopic (exact) mass is 186 g/mol. The minimum atomic E-state index is 0.459. The first kappa shape index (κ1) is 9.59. The zero-order valence-electron chi connectivity index (χ0n) is 7.84. The molecule has 0 aromatic carbocycles. The van der Waals surface area contributed by atoms with Crippen LogP contribution in [0.25, 0.3) is 0 Å². The first-order chi connectivity index (χ1) is 5.65. The Bertz CT molecular complexity index is 253. The molecule has 0 unspecified atom stereocenters. The van der Waals surface area contributed by atoms with Crippen LogP contribution in [-0.4, -0.2) is 9.78 Å². The molecule has 12 heavy (non-hydrogen) atoms. The average Bonchev–Trinajstić information content (AvgIpc) is 2.34. The Kier molecular flexibility index (Phi) is 3.15. The van der Waals surface area contributed by atoms with Crippen LogP contribution in [0.3, 0.4) is 0 Å². The molecule has 0 bridgehead atoms. The highest BCUT2D eigenvalue weighted by Crippen LogP contribution is 2.18. The van der Waals surface area contributed by atoms with E-state index < -0.39 is 0 Å². The molecule has 1 heterocycles. The summed E-state index contributed by atoms with van der Waals surface area (Å²) in [6.07, 6.45) is 1.07. The number of aromatic nitrogens is 2. The maximum absolute atomic E-state index is 5.97. The van der Waals surface area contributed by atoms with Gasteiger partial charge in [0.05, 0.1) is 5.69 Å². The third-order valence-electron chi connectivity index (χ3n) is 1.78. The molecule has 0 radical (unpaired) electrons. The van der Waals surface area contributed by atoms with Crippen molar-refractivity contribution in [2.24, 2.45) is 0 Å². The van der Waals surface area contributed by atoms with Crippen molar-refractivity contribution in [3.8, 4) is 0 Å². The molecule has 0 amide bonds. The highest BCUT2D eigenvalue weighted by Gasteiger charge is 2.07. The standard InChI is InChI=1S/C9H15ClN2/c1-4-5-12-9(10)6-8(11-12)7(2)3/h6-7H,4-5H2,1-3H3. The van der Waals surface area contributed by atoms with Crippen LogP contribution in [0.15, 0.2) is 6.07 Å². The van der Waals surface area contributed by atoms with E-state index >= 15 is 0 Å². The normalized spacial score (nSPS) is 11.1. The van der Waals surface area contributed by atoms with E-state index in [1.807, 2.05) is 10.7 Å². The first-order valence-electron chi connectivity index (χ1n) is 4.38. The van der Waals surface area contributed by atoms with Gasteiger partial charge in [-0.15, -0.1) is 0 Å². The van der Waals surface area contributed by atoms with Crippen LogP contribution in [0.1, 0.15) is 38.8 Å². The van der Waals surface area contributed by atoms with Gasteiger partial charge in [-0.05, 0) is 18.4 Å². The van der Waals surface area contributed by atoms with E-state index in [-0.39, 0.29) is 0 Å². The number of nitrogens with zero attached hydrogens (tertiary/aromatic N) is 2. The Morgan fingerprint density at radius 3 is 2.67 bits per heavy atom. The smallest absolute Gasteiger partial charge is 0.127 e. The molecular weight excluding hydrogens is 172 g/mol. The van der Waals surface area contributed by atoms with Gasteiger partial charge in [-0.25, -0.2) is 0 Å². The van der Waals surface area contributed by atoms with Gasteiger partial charge in [0.2, 0.25) is 0 Å². The van der Waals surface area contributed by atoms with Gasteiger partial charge in [0.1, 0.15) is 5.15 Å². The molecule has 0 saturated heterocycles. The van der Waals surface area contributed by atoms with E-state index in [4.69, 9.17) is 11.6 Å². The lowest BCUT2D eigenvalue weighted by Gasteiger charge is -1.99. The van der Waals surface area contributed by atoms with E-state index in [9.17, 15) is 0 Å². The highest BCUT2D eigenvalue weighted by atomic mass is 35.5. The molecule has 0 fully saturated rings. The zero-order valence-corrected chi connectivity index (χ0v) is 8.60. The second kappa shape index (κ2) is 3.94. The number of rotatable bonds is 3. The predicted molar refractivity (Wildman–Crippen MR) is 51.6 cm³/mol. The summed E-state index contributed by atoms with van der Waals surface area (Å²) in [4.78, 5) is 0. The molecule has 0 saturated carbocycles. The summed E-state index contributed by atoms with van der Waals surface area (Å²) in [5, 5.41) is 5.13. The Balaban J connectivity index is 2.85. The summed E-state index contributed by atoms with van der Waals surface area (Å²) in [6, 6.07) is 1.95. The van der Waals surface area contributed by atoms with Crippen LogP contribution in [0.5, 0.6) is 0 Å². The van der Waals surface area contributed by atoms with E-state index in [2.05, 4.69) is 25.9 Å². The van der Waals surface area contributed by atoms with Crippen molar-refractivity contribution in [1.29, 1.82) is 0 Å². The largest absolute Gasteiger partial charge is 0.254 e. The average molecular weight is 187 g/mol. The van der Waals surface area contributed by atoms with Crippen LogP contribution >= 0.6 is 11.6 Å². The third-order valence-corrected chi connectivity index (χ3v) is 2.08. The molecule has 2 nitrogen and oxygen atoms in total. The summed E-state index contributed by atoms with van der Waals surface area (Å²) in [5.41, 5.74) is 1.08. The van der Waals surface area contributed by atoms with Gasteiger partial charge in [-0.2, -0.15) is 5.10 Å². The Morgan fingerprint density at radius 1 is 1.58 bits per heavy atom. The van der Waals surface area contributed by atoms with Crippen molar-refractivity contribution in [1.82, 2.24) is 9.78 Å². The first-order valence-corrected chi connectivity index (χ1v) is 4.76. The van der Waals surface area contributed by atoms with Gasteiger partial charge in [-0.1, -0.05) is 32.4 Å². The lowest BCUT2D eigenvalue weighted by atomic mass is 10.1. The lowest BCUT2D eigenvalue weighted by Crippen LogP contribution is -2.00. The summed E-state index contributed by atoms with van der Waals surface area (Å²) in [6.45, 7) is 7.27. The molecule has 0 spiro atoms. The molecule has 0 aliphatic carbocycles. The predicted octanol–water partition coefficient (Wildman–Crippen LogP) is 3.07. The topological polar surface area (TPSA) is 17.8 Å². The van der Waals surface area contributed by atoms with Gasteiger partial charge in [0.25, 0.3) is 0 Å². The summed E-state index contributed by atoms with van der Waals surface area (Å²) in [7, 11) is 0. The van der Waals surface area contributed by atoms with Gasteiger partial charge in [0, 0.05) is 6.54 Å². The quantitative estimate of drug-likeness (QED) is 0.710. The summed E-state index contributed by atoms with van der Waals surface area (Å²) < 4.78 is 1.86. The highest BCUT2D eigenvalue weighted by molar-refractivity contribution is 6.29. The zero-order chi connectivity index (χ0) is 9.14. The van der Waals surface area contributed by atoms with Gasteiger partial charge in [-0.3, -0.25) is 4.68 Å². The second-order valence-electron chi connectivity index (χ2n) is 3.27. The maximum Gasteiger partial charge on any atom is 0.127 e. The SMILES string of the molecule is CCCn1nc(C(C)C)cc1Cl. The Labute approximate surface area is 78.5 Å². The number of aryl methyl sites for hydroxylation is 1. The van der Waals surface area contributed by atoms with E-state index in [0.29, 0.717) is 5.92 Å². The van der Waals surface area contributed by atoms with Gasteiger partial charge in [0.15, 0.2) is 0 Å². The van der Waals surface area contributed by atoms with E-state index in [1.54, 1.807) is 0 Å². The summed E-state index contributed by atoms with van der Waals surface area (Å²) in [5.74, 6) is 0.459. The van der Waals surface area contributed by atoms with Crippen LogP contribution in [0, 0.1) is 0 Å². The van der Waals surface area contributed by atoms with Gasteiger partial charge >= 0.3 is 0 Å². The molecule has 1 rings (SSSR count). The number of halogens is 1. The summed E-state index contributed by atoms with van der Waals surface area (Å²) >= 11 is 5.97. The second-order valence-corrected chi connectivity index (χ2v) is 3.66. The van der Waals surface area contributed by atoms with Crippen LogP contribution in [0.4, 0.5) is 0 Å². The molecule has 1 aromatic rings. The Hall–Kier alpha value is -0.500. The number of hydrogen-bond donors (Lipinski definition) is 0. The minimum absolute atomic E-state index is 0.459. The fourth-order valence-corrected chi connectivity index (χ4v) is 1.30. The van der Waals surface area contributed by atoms with Crippen molar-refractivity contribution in [2.75, 3.05) is 0 Å². The molecule has 0 N–H and O–H groups in total. The Morgan fingerprint density at radius 2 is 2.25 bits per heavy atom. The van der Waals surface area contributed by atoms with Crippen molar-refractivity contribution >= 4 is 11.6 Å². The van der Waals surface area contributed by atoms with Crippen molar-refractivity contribution < 1.29 is 0 Å². The van der Waals surface area contributed by atoms with Gasteiger partial charge < -0.3 is 0 Å². The minimum Gasteiger partial charge on any atom is -0.254 e. The number of hydrogen-bond acceptors (Lipinski definition) is 1. The van der Waals surface area contributed by atoms with Crippen LogP contribution in [-0.2, 0) is 6.54 Å². The molecular formula is C9H15ClN2. The van der Waals surface area contributed by atoms with E-state index in [1.165, 1.54) is 0 Å². The van der Waals surface area contributed by atoms with Crippen molar-refractivity contribution in [2.45, 2.75) is 39.7 Å². The van der Waals surface area contributed by atoms with Crippen molar-refractivity contribution in [3.63, 3.8) is 0 Å². The van der Waals surface area contributed by atoms with Crippen molar-refractivity contribution in [3.05, 3.63) is 16.9 Å². The fraction of sp³-hybridized carbons (Fsp3) is 0.667. The molecule has 68 valence electrons. The van der Waals surface area contributed by atoms with Crippen LogP contribution in [0.2, 0.25) is 5.15 Å². The lowest BCUT2D eigenvalue weighted by molar-refractivity contribution is 0.588. The molecule has 0 aliphatic heterocycles. The maximum atomic E-state index is 5.97. The fourth-order valence-electron chi connectivity index (χ4n) is 1.06. The molecule has 1 aromatic heterocycles.